The van der Waals surface area contributed by atoms with E-state index in [0.717, 1.165) is 41.4 Å². The Kier molecular flexibility index (Phi) is 6.54. The number of carbonyl (C=O) groups excluding carboxylic acids is 1. The number of amides is 1. The van der Waals surface area contributed by atoms with E-state index in [0.29, 0.717) is 30.4 Å². The second-order valence-corrected chi connectivity index (χ2v) is 9.54. The first-order valence-electron chi connectivity index (χ1n) is 12.2. The van der Waals surface area contributed by atoms with Crippen LogP contribution in [0.3, 0.4) is 0 Å². The molecule has 0 unspecified atom stereocenters. The third-order valence-electron chi connectivity index (χ3n) is 6.88. The van der Waals surface area contributed by atoms with Crippen LogP contribution in [0.1, 0.15) is 48.2 Å². The molecule has 2 aromatic carbocycles. The smallest absolute Gasteiger partial charge is 0.333 e. The summed E-state index contributed by atoms with van der Waals surface area (Å²) in [5.41, 5.74) is 6.87. The molecule has 9 heteroatoms. The molecule has 1 aliphatic rings. The Labute approximate surface area is 206 Å². The summed E-state index contributed by atoms with van der Waals surface area (Å²) in [6.07, 6.45) is 4.87. The van der Waals surface area contributed by atoms with E-state index in [2.05, 4.69) is 9.97 Å². The van der Waals surface area contributed by atoms with Gasteiger partial charge in [0.15, 0.2) is 5.65 Å². The maximum atomic E-state index is 14.4. The number of rotatable bonds is 8. The van der Waals surface area contributed by atoms with Gasteiger partial charge in [-0.25, -0.2) is 14.2 Å². The molecule has 0 bridgehead atoms. The largest absolute Gasteiger partial charge is 0.369 e. The summed E-state index contributed by atoms with van der Waals surface area (Å²) in [7, 11) is 0. The lowest BCUT2D eigenvalue weighted by Crippen LogP contribution is -2.41. The van der Waals surface area contributed by atoms with Gasteiger partial charge in [-0.05, 0) is 36.0 Å². The van der Waals surface area contributed by atoms with Crippen molar-refractivity contribution in [2.24, 2.45) is 11.7 Å². The molecule has 0 spiro atoms. The fourth-order valence-corrected chi connectivity index (χ4v) is 5.02. The molecule has 0 atom stereocenters. The van der Waals surface area contributed by atoms with Crippen molar-refractivity contribution < 1.29 is 9.18 Å². The number of carbonyl (C=O) groups is 1. The fraction of sp³-hybridized carbons (Fsp3) is 0.333. The number of aromatic nitrogens is 4. The highest BCUT2D eigenvalue weighted by molar-refractivity contribution is 5.76. The summed E-state index contributed by atoms with van der Waals surface area (Å²) < 4.78 is 17.0. The quantitative estimate of drug-likeness (QED) is 0.396. The van der Waals surface area contributed by atoms with Crippen molar-refractivity contribution in [1.82, 2.24) is 19.1 Å². The summed E-state index contributed by atoms with van der Waals surface area (Å²) in [4.78, 5) is 45.8. The van der Waals surface area contributed by atoms with Crippen LogP contribution in [0.4, 0.5) is 4.39 Å². The first-order chi connectivity index (χ1) is 17.4. The lowest BCUT2D eigenvalue weighted by Gasteiger charge is -2.15. The second-order valence-electron chi connectivity index (χ2n) is 9.54. The molecule has 8 nitrogen and oxygen atoms in total. The van der Waals surface area contributed by atoms with Gasteiger partial charge >= 0.3 is 5.69 Å². The molecular weight excluding hydrogens is 461 g/mol. The van der Waals surface area contributed by atoms with Crippen LogP contribution in [-0.2, 0) is 30.7 Å². The van der Waals surface area contributed by atoms with Crippen LogP contribution in [0.5, 0.6) is 0 Å². The monoisotopic (exact) mass is 489 g/mol. The average molecular weight is 490 g/mol. The molecule has 2 heterocycles. The Morgan fingerprint density at radius 2 is 1.72 bits per heavy atom. The van der Waals surface area contributed by atoms with E-state index in [1.54, 1.807) is 22.8 Å². The van der Waals surface area contributed by atoms with Crippen molar-refractivity contribution in [3.63, 3.8) is 0 Å². The van der Waals surface area contributed by atoms with Crippen molar-refractivity contribution in [3.05, 3.63) is 97.7 Å². The minimum absolute atomic E-state index is 0.152. The Morgan fingerprint density at radius 1 is 1.03 bits per heavy atom. The van der Waals surface area contributed by atoms with Gasteiger partial charge in [0, 0.05) is 18.5 Å². The number of benzene rings is 2. The Bertz CT molecular complexity index is 1530. The minimum Gasteiger partial charge on any atom is -0.369 e. The molecular formula is C27H28FN5O3. The van der Waals surface area contributed by atoms with Crippen LogP contribution in [0, 0.1) is 11.7 Å². The summed E-state index contributed by atoms with van der Waals surface area (Å²) >= 11 is 0. The van der Waals surface area contributed by atoms with E-state index < -0.39 is 23.0 Å². The Balaban J connectivity index is 1.55. The summed E-state index contributed by atoms with van der Waals surface area (Å²) in [5.74, 6) is 0.0273. The van der Waals surface area contributed by atoms with E-state index in [9.17, 15) is 18.8 Å². The highest BCUT2D eigenvalue weighted by atomic mass is 19.1. The number of halogens is 1. The first-order valence-corrected chi connectivity index (χ1v) is 12.2. The zero-order valence-electron chi connectivity index (χ0n) is 19.9. The second kappa shape index (κ2) is 9.93. The highest BCUT2D eigenvalue weighted by Crippen LogP contribution is 2.26. The SMILES string of the molecule is NC(=O)Cc1ccc(Cc2nc3c([nH]2)c(=O)n(Cc2ccccc2F)c(=O)n3CC2CCCC2)cc1. The average Bonchev–Trinajstić information content (AvgIpc) is 3.52. The van der Waals surface area contributed by atoms with E-state index in [4.69, 9.17) is 5.73 Å². The van der Waals surface area contributed by atoms with Crippen LogP contribution >= 0.6 is 0 Å². The van der Waals surface area contributed by atoms with Gasteiger partial charge in [0.2, 0.25) is 5.91 Å². The molecule has 1 fully saturated rings. The molecule has 3 N–H and O–H groups in total. The molecule has 0 saturated heterocycles. The molecule has 5 rings (SSSR count). The lowest BCUT2D eigenvalue weighted by molar-refractivity contribution is -0.117. The maximum absolute atomic E-state index is 14.4. The number of nitrogens with zero attached hydrogens (tertiary/aromatic N) is 3. The van der Waals surface area contributed by atoms with Crippen LogP contribution in [-0.4, -0.2) is 25.0 Å². The van der Waals surface area contributed by atoms with Gasteiger partial charge in [0.1, 0.15) is 17.2 Å². The number of hydrogen-bond donors (Lipinski definition) is 2. The van der Waals surface area contributed by atoms with E-state index >= 15 is 0 Å². The number of aromatic amines is 1. The lowest BCUT2D eigenvalue weighted by atomic mass is 10.1. The number of hydrogen-bond acceptors (Lipinski definition) is 4. The zero-order chi connectivity index (χ0) is 25.2. The normalized spacial score (nSPS) is 14.0. The zero-order valence-corrected chi connectivity index (χ0v) is 19.9. The van der Waals surface area contributed by atoms with Crippen molar-refractivity contribution in [3.8, 4) is 0 Å². The maximum Gasteiger partial charge on any atom is 0.333 e. The molecule has 2 aromatic heterocycles. The molecule has 4 aromatic rings. The number of nitrogens with two attached hydrogens (primary N) is 1. The van der Waals surface area contributed by atoms with Gasteiger partial charge in [-0.3, -0.25) is 18.7 Å². The highest BCUT2D eigenvalue weighted by Gasteiger charge is 2.22. The van der Waals surface area contributed by atoms with Crippen LogP contribution < -0.4 is 17.0 Å². The van der Waals surface area contributed by atoms with Crippen molar-refractivity contribution in [2.75, 3.05) is 0 Å². The first kappa shape index (κ1) is 23.7. The van der Waals surface area contributed by atoms with Crippen LogP contribution in [0.2, 0.25) is 0 Å². The molecule has 36 heavy (non-hydrogen) atoms. The van der Waals surface area contributed by atoms with Gasteiger partial charge in [-0.2, -0.15) is 0 Å². The van der Waals surface area contributed by atoms with E-state index in [1.807, 2.05) is 24.3 Å². The Morgan fingerprint density at radius 3 is 2.42 bits per heavy atom. The molecule has 0 radical (unpaired) electrons. The van der Waals surface area contributed by atoms with Gasteiger partial charge in [0.05, 0.1) is 13.0 Å². The van der Waals surface area contributed by atoms with E-state index in [1.165, 1.54) is 6.07 Å². The van der Waals surface area contributed by atoms with Crippen molar-refractivity contribution in [2.45, 2.75) is 51.6 Å². The molecule has 0 aliphatic heterocycles. The van der Waals surface area contributed by atoms with Crippen LogP contribution in [0.25, 0.3) is 11.2 Å². The van der Waals surface area contributed by atoms with Crippen molar-refractivity contribution >= 4 is 17.1 Å². The van der Waals surface area contributed by atoms with Crippen LogP contribution in [0.15, 0.2) is 58.1 Å². The third-order valence-corrected chi connectivity index (χ3v) is 6.88. The topological polar surface area (TPSA) is 116 Å². The van der Waals surface area contributed by atoms with Gasteiger partial charge < -0.3 is 10.7 Å². The van der Waals surface area contributed by atoms with Gasteiger partial charge in [0.25, 0.3) is 5.56 Å². The number of H-pyrrole nitrogens is 1. The fourth-order valence-electron chi connectivity index (χ4n) is 5.02. The van der Waals surface area contributed by atoms with Gasteiger partial charge in [-0.1, -0.05) is 55.3 Å². The molecule has 186 valence electrons. The molecule has 1 aliphatic carbocycles. The summed E-state index contributed by atoms with van der Waals surface area (Å²) in [6, 6.07) is 13.6. The number of fused-ring (bicyclic) bond motifs is 1. The summed E-state index contributed by atoms with van der Waals surface area (Å²) in [6.45, 7) is 0.319. The number of nitrogens with one attached hydrogen (secondary N) is 1. The molecule has 1 saturated carbocycles. The minimum atomic E-state index is -0.517. The standard InChI is InChI=1S/C27H28FN5O3/c28-21-8-4-3-7-20(21)16-33-26(35)24-25(32(27(33)36)15-19-5-1-2-6-19)31-23(30-24)14-18-11-9-17(10-12-18)13-22(29)34/h3-4,7-12,19H,1-2,5-6,13-16H2,(H2,29,34)(H,30,31). The summed E-state index contributed by atoms with van der Waals surface area (Å²) in [5, 5.41) is 0. The predicted molar refractivity (Wildman–Crippen MR) is 134 cm³/mol. The van der Waals surface area contributed by atoms with E-state index in [-0.39, 0.29) is 24.0 Å². The number of primary amides is 1. The Hall–Kier alpha value is -4.01. The third kappa shape index (κ3) is 4.86. The number of imidazole rings is 1. The van der Waals surface area contributed by atoms with Gasteiger partial charge in [-0.15, -0.1) is 0 Å². The molecule has 1 amide bonds. The predicted octanol–water partition coefficient (Wildman–Crippen LogP) is 2.88. The van der Waals surface area contributed by atoms with Crippen molar-refractivity contribution in [1.29, 1.82) is 0 Å².